The van der Waals surface area contributed by atoms with Crippen LogP contribution in [0.5, 0.6) is 0 Å². The summed E-state index contributed by atoms with van der Waals surface area (Å²) in [5.41, 5.74) is 0. The zero-order chi connectivity index (χ0) is 4.50. The van der Waals surface area contributed by atoms with Crippen molar-refractivity contribution in [2.45, 2.75) is 0 Å². The highest BCUT2D eigenvalue weighted by atomic mass is 79.9. The molecule has 0 aromatic carbocycles. The fraction of sp³-hybridized carbons (Fsp3) is 1.00. The second kappa shape index (κ2) is 22.5. The van der Waals surface area contributed by atoms with Gasteiger partial charge in [0, 0.05) is 0 Å². The molecule has 0 aromatic heterocycles. The van der Waals surface area contributed by atoms with Crippen molar-refractivity contribution in [3.8, 4) is 0 Å². The summed E-state index contributed by atoms with van der Waals surface area (Å²) in [6, 6.07) is 0. The Bertz CT molecular complexity index is 34.0. The second-order valence-corrected chi connectivity index (χ2v) is 2.68. The molecule has 0 radical (unpaired) electrons. The minimum absolute atomic E-state index is 0. The summed E-state index contributed by atoms with van der Waals surface area (Å²) in [4.78, 5) is 0. The summed E-state index contributed by atoms with van der Waals surface area (Å²) in [5, 5.41) is 0. The van der Waals surface area contributed by atoms with Crippen molar-refractivity contribution in [2.75, 3.05) is 28.2 Å². The van der Waals surface area contributed by atoms with Crippen molar-refractivity contribution < 1.29 is 48.8 Å². The Balaban J connectivity index is -0.00000000533. The molecular formula is C4H22BrNO5. The maximum atomic E-state index is 2.12. The molecule has 7 heteroatoms. The molecule has 0 bridgehead atoms. The third-order valence-corrected chi connectivity index (χ3v) is 0. The summed E-state index contributed by atoms with van der Waals surface area (Å²) in [7, 11) is 8.50. The normalized spacial score (nSPS) is 5.45. The molecule has 80 valence electrons. The van der Waals surface area contributed by atoms with E-state index in [1.807, 2.05) is 0 Å². The molecule has 10 N–H and O–H groups in total. The lowest BCUT2D eigenvalue weighted by atomic mass is 10.8. The minimum atomic E-state index is 0. The third-order valence-electron chi connectivity index (χ3n) is 0. The zero-order valence-corrected chi connectivity index (χ0v) is 8.91. The highest BCUT2D eigenvalue weighted by Gasteiger charge is 1.88. The standard InChI is InChI=1S/C4H12N.BrH.5H2O/c1-5(2,3)4;;;;;;/h1-4H3;1H;5*1H2/q+1;;;;;;/p-1. The molecule has 0 spiro atoms. The van der Waals surface area contributed by atoms with E-state index < -0.39 is 0 Å². The Kier molecular flexibility index (Phi) is 134. The van der Waals surface area contributed by atoms with Crippen molar-refractivity contribution in [3.63, 3.8) is 0 Å². The molecular weight excluding hydrogens is 222 g/mol. The van der Waals surface area contributed by atoms with Crippen LogP contribution in [0.3, 0.4) is 0 Å². The van der Waals surface area contributed by atoms with E-state index in [-0.39, 0.29) is 44.4 Å². The van der Waals surface area contributed by atoms with Crippen LogP contribution < -0.4 is 17.0 Å². The quantitative estimate of drug-likeness (QED) is 0.371. The highest BCUT2D eigenvalue weighted by molar-refractivity contribution is 3.87. The average Bonchev–Trinajstić information content (AvgIpc) is 0.722. The first-order valence-corrected chi connectivity index (χ1v) is 1.79. The van der Waals surface area contributed by atoms with Gasteiger partial charge in [-0.15, -0.1) is 0 Å². The van der Waals surface area contributed by atoms with Gasteiger partial charge in [-0.2, -0.15) is 0 Å². The summed E-state index contributed by atoms with van der Waals surface area (Å²) in [6.45, 7) is 0. The van der Waals surface area contributed by atoms with Crippen LogP contribution in [0.2, 0.25) is 0 Å². The van der Waals surface area contributed by atoms with Crippen LogP contribution in [-0.2, 0) is 0 Å². The Hall–Kier alpha value is 0.240. The Labute approximate surface area is 77.7 Å². The second-order valence-electron chi connectivity index (χ2n) is 2.68. The molecule has 0 rings (SSSR count). The van der Waals surface area contributed by atoms with E-state index in [0.29, 0.717) is 0 Å². The monoisotopic (exact) mass is 243 g/mol. The van der Waals surface area contributed by atoms with E-state index in [1.54, 1.807) is 0 Å². The van der Waals surface area contributed by atoms with Crippen LogP contribution in [0.15, 0.2) is 0 Å². The Morgan fingerprint density at radius 3 is 0.545 bits per heavy atom. The smallest absolute Gasteiger partial charge is 0.0675 e. The third kappa shape index (κ3) is 12100. The maximum absolute atomic E-state index is 2.12. The molecule has 0 unspecified atom stereocenters. The van der Waals surface area contributed by atoms with E-state index in [1.165, 1.54) is 0 Å². The van der Waals surface area contributed by atoms with Crippen LogP contribution in [0.25, 0.3) is 0 Å². The maximum Gasteiger partial charge on any atom is 0.0675 e. The van der Waals surface area contributed by atoms with Gasteiger partial charge in [-0.1, -0.05) is 0 Å². The summed E-state index contributed by atoms with van der Waals surface area (Å²) < 4.78 is 1.00. The Morgan fingerprint density at radius 2 is 0.545 bits per heavy atom. The molecule has 0 aliphatic carbocycles. The lowest BCUT2D eigenvalue weighted by Crippen LogP contribution is -3.00. The van der Waals surface area contributed by atoms with Gasteiger partial charge in [0.25, 0.3) is 0 Å². The van der Waals surface area contributed by atoms with E-state index >= 15 is 0 Å². The molecule has 0 heterocycles. The Morgan fingerprint density at radius 1 is 0.545 bits per heavy atom. The van der Waals surface area contributed by atoms with E-state index in [0.717, 1.165) is 4.48 Å². The topological polar surface area (TPSA) is 158 Å². The number of rotatable bonds is 0. The lowest BCUT2D eigenvalue weighted by molar-refractivity contribution is -0.849. The molecule has 0 aliphatic heterocycles. The van der Waals surface area contributed by atoms with E-state index in [2.05, 4.69) is 28.2 Å². The average molecular weight is 244 g/mol. The molecule has 6 nitrogen and oxygen atoms in total. The van der Waals surface area contributed by atoms with Crippen LogP contribution >= 0.6 is 0 Å². The van der Waals surface area contributed by atoms with Gasteiger partial charge in [0.15, 0.2) is 0 Å². The molecule has 0 saturated heterocycles. The fourth-order valence-corrected chi connectivity index (χ4v) is 0. The van der Waals surface area contributed by atoms with E-state index in [9.17, 15) is 0 Å². The molecule has 0 saturated carbocycles. The first kappa shape index (κ1) is 65.6. The van der Waals surface area contributed by atoms with Gasteiger partial charge in [-0.25, -0.2) is 0 Å². The number of halogens is 1. The minimum Gasteiger partial charge on any atom is -1.00 e. The first-order chi connectivity index (χ1) is 2.00. The fourth-order valence-electron chi connectivity index (χ4n) is 0. The van der Waals surface area contributed by atoms with Crippen LogP contribution in [0.1, 0.15) is 0 Å². The van der Waals surface area contributed by atoms with Crippen LogP contribution in [0.4, 0.5) is 0 Å². The summed E-state index contributed by atoms with van der Waals surface area (Å²) in [6.07, 6.45) is 0. The van der Waals surface area contributed by atoms with Gasteiger partial charge in [0.1, 0.15) is 0 Å². The SMILES string of the molecule is C[N+](C)(C)C.O.O.O.O.O.[Br-]. The largest absolute Gasteiger partial charge is 1.00 e. The van der Waals surface area contributed by atoms with Gasteiger partial charge in [-0.05, 0) is 0 Å². The number of nitrogens with zero attached hydrogens (tertiary/aromatic N) is 1. The highest BCUT2D eigenvalue weighted by Crippen LogP contribution is 1.73. The van der Waals surface area contributed by atoms with Gasteiger partial charge in [0.05, 0.1) is 28.2 Å². The van der Waals surface area contributed by atoms with Crippen molar-refractivity contribution in [2.24, 2.45) is 0 Å². The molecule has 0 aromatic rings. The molecule has 11 heavy (non-hydrogen) atoms. The van der Waals surface area contributed by atoms with Gasteiger partial charge in [-0.3, -0.25) is 0 Å². The number of hydrogen-bond donors (Lipinski definition) is 0. The van der Waals surface area contributed by atoms with Gasteiger partial charge < -0.3 is 48.8 Å². The number of quaternary nitrogens is 1. The van der Waals surface area contributed by atoms with Crippen molar-refractivity contribution in [3.05, 3.63) is 0 Å². The molecule has 0 amide bonds. The zero-order valence-electron chi connectivity index (χ0n) is 7.33. The summed E-state index contributed by atoms with van der Waals surface area (Å²) in [5.74, 6) is 0. The van der Waals surface area contributed by atoms with Crippen molar-refractivity contribution >= 4 is 0 Å². The van der Waals surface area contributed by atoms with Crippen molar-refractivity contribution in [1.82, 2.24) is 0 Å². The van der Waals surface area contributed by atoms with Crippen molar-refractivity contribution in [1.29, 1.82) is 0 Å². The molecule has 0 fully saturated rings. The predicted octanol–water partition coefficient (Wildman–Crippen LogP) is -6.80. The van der Waals surface area contributed by atoms with Gasteiger partial charge >= 0.3 is 0 Å². The molecule has 0 atom stereocenters. The van der Waals surface area contributed by atoms with Crippen LogP contribution in [0, 0.1) is 0 Å². The predicted molar refractivity (Wildman–Crippen MR) is 42.0 cm³/mol. The summed E-state index contributed by atoms with van der Waals surface area (Å²) >= 11 is 0. The number of hydrogen-bond acceptors (Lipinski definition) is 0. The van der Waals surface area contributed by atoms with Gasteiger partial charge in [0.2, 0.25) is 0 Å². The van der Waals surface area contributed by atoms with E-state index in [4.69, 9.17) is 0 Å². The molecule has 0 aliphatic rings. The first-order valence-electron chi connectivity index (χ1n) is 1.79. The lowest BCUT2D eigenvalue weighted by Gasteiger charge is -2.14. The van der Waals surface area contributed by atoms with Crippen LogP contribution in [-0.4, -0.2) is 60.1 Å².